The number of hydrazine groups is 1. The molecule has 74 valence electrons. The van der Waals surface area contributed by atoms with E-state index in [1.54, 1.807) is 10.9 Å². The number of nitrogens with one attached hydrogen (secondary N) is 1. The van der Waals surface area contributed by atoms with Crippen LogP contribution in [0.5, 0.6) is 0 Å². The molecule has 1 atom stereocenters. The Labute approximate surface area is 78.3 Å². The summed E-state index contributed by atoms with van der Waals surface area (Å²) in [7, 11) is 1.87. The molecule has 0 aliphatic rings. The molecular formula is C8H17N5. The van der Waals surface area contributed by atoms with Gasteiger partial charge in [0.2, 0.25) is 0 Å². The average Bonchev–Trinajstić information content (AvgIpc) is 2.47. The van der Waals surface area contributed by atoms with Gasteiger partial charge in [0.1, 0.15) is 0 Å². The third-order valence-electron chi connectivity index (χ3n) is 2.01. The molecule has 13 heavy (non-hydrogen) atoms. The van der Waals surface area contributed by atoms with Crippen LogP contribution in [0.15, 0.2) is 6.20 Å². The van der Waals surface area contributed by atoms with Gasteiger partial charge in [-0.25, -0.2) is 0 Å². The summed E-state index contributed by atoms with van der Waals surface area (Å²) in [6.07, 6.45) is 2.73. The van der Waals surface area contributed by atoms with Crippen molar-refractivity contribution >= 4 is 0 Å². The molecule has 0 saturated carbocycles. The van der Waals surface area contributed by atoms with Crippen LogP contribution in [-0.2, 0) is 7.05 Å². The van der Waals surface area contributed by atoms with Crippen LogP contribution in [0.3, 0.4) is 0 Å². The Bertz CT molecular complexity index is 255. The molecule has 3 N–H and O–H groups in total. The molecule has 5 heteroatoms. The Morgan fingerprint density at radius 1 is 1.62 bits per heavy atom. The first-order valence-corrected chi connectivity index (χ1v) is 4.45. The van der Waals surface area contributed by atoms with Gasteiger partial charge in [0.25, 0.3) is 0 Å². The Balaban J connectivity index is 2.72. The number of nitrogens with zero attached hydrogens (tertiary/aromatic N) is 3. The number of rotatable bonds is 4. The normalized spacial score (nSPS) is 13.6. The van der Waals surface area contributed by atoms with Gasteiger partial charge in [-0.3, -0.25) is 16.0 Å². The van der Waals surface area contributed by atoms with Crippen LogP contribution in [0, 0.1) is 5.92 Å². The van der Waals surface area contributed by atoms with E-state index in [4.69, 9.17) is 5.84 Å². The van der Waals surface area contributed by atoms with E-state index in [0.29, 0.717) is 5.92 Å². The van der Waals surface area contributed by atoms with Crippen LogP contribution in [0.4, 0.5) is 0 Å². The molecule has 1 aromatic heterocycles. The van der Waals surface area contributed by atoms with Crippen molar-refractivity contribution < 1.29 is 0 Å². The molecule has 0 spiro atoms. The van der Waals surface area contributed by atoms with E-state index >= 15 is 0 Å². The van der Waals surface area contributed by atoms with E-state index < -0.39 is 0 Å². The third-order valence-corrected chi connectivity index (χ3v) is 2.01. The zero-order chi connectivity index (χ0) is 9.84. The van der Waals surface area contributed by atoms with Gasteiger partial charge >= 0.3 is 0 Å². The van der Waals surface area contributed by atoms with Crippen molar-refractivity contribution in [2.45, 2.75) is 26.3 Å². The van der Waals surface area contributed by atoms with E-state index in [0.717, 1.165) is 12.1 Å². The highest BCUT2D eigenvalue weighted by Gasteiger charge is 2.15. The minimum atomic E-state index is 0.139. The summed E-state index contributed by atoms with van der Waals surface area (Å²) in [5, 5.41) is 7.68. The monoisotopic (exact) mass is 183 g/mol. The SMILES string of the molecule is CC(C)CC(NN)c1cnnn1C. The first-order valence-electron chi connectivity index (χ1n) is 4.45. The zero-order valence-corrected chi connectivity index (χ0v) is 8.36. The highest BCUT2D eigenvalue weighted by molar-refractivity contribution is 5.01. The maximum atomic E-state index is 5.46. The maximum Gasteiger partial charge on any atom is 0.0766 e. The molecular weight excluding hydrogens is 166 g/mol. The molecule has 1 unspecified atom stereocenters. The smallest absolute Gasteiger partial charge is 0.0766 e. The lowest BCUT2D eigenvalue weighted by atomic mass is 10.0. The molecule has 5 nitrogen and oxygen atoms in total. The molecule has 0 aromatic carbocycles. The molecule has 0 aliphatic carbocycles. The molecule has 0 amide bonds. The first kappa shape index (κ1) is 10.1. The molecule has 1 aromatic rings. The van der Waals surface area contributed by atoms with Gasteiger partial charge in [-0.15, -0.1) is 5.10 Å². The fraction of sp³-hybridized carbons (Fsp3) is 0.750. The zero-order valence-electron chi connectivity index (χ0n) is 8.36. The second kappa shape index (κ2) is 4.34. The van der Waals surface area contributed by atoms with Crippen LogP contribution in [0.25, 0.3) is 0 Å². The number of nitrogens with two attached hydrogens (primary N) is 1. The summed E-state index contributed by atoms with van der Waals surface area (Å²) in [6, 6.07) is 0.139. The van der Waals surface area contributed by atoms with Crippen LogP contribution >= 0.6 is 0 Å². The summed E-state index contributed by atoms with van der Waals surface area (Å²) < 4.78 is 1.74. The van der Waals surface area contributed by atoms with Gasteiger partial charge in [0.05, 0.1) is 17.9 Å². The minimum absolute atomic E-state index is 0.139. The standard InChI is InChI=1S/C8H17N5/c1-6(2)4-7(11-9)8-5-10-12-13(8)3/h5-7,11H,4,9H2,1-3H3. The summed E-state index contributed by atoms with van der Waals surface area (Å²) in [5.74, 6) is 6.06. The second-order valence-corrected chi connectivity index (χ2v) is 3.63. The quantitative estimate of drug-likeness (QED) is 0.522. The topological polar surface area (TPSA) is 68.8 Å². The van der Waals surface area contributed by atoms with Crippen molar-refractivity contribution in [2.75, 3.05) is 0 Å². The van der Waals surface area contributed by atoms with Crippen molar-refractivity contribution in [3.63, 3.8) is 0 Å². The van der Waals surface area contributed by atoms with E-state index in [1.165, 1.54) is 0 Å². The fourth-order valence-electron chi connectivity index (χ4n) is 1.36. The van der Waals surface area contributed by atoms with E-state index in [2.05, 4.69) is 29.6 Å². The first-order chi connectivity index (χ1) is 6.15. The molecule has 0 fully saturated rings. The van der Waals surface area contributed by atoms with E-state index in [-0.39, 0.29) is 6.04 Å². The Kier molecular flexibility index (Phi) is 3.39. The van der Waals surface area contributed by atoms with Gasteiger partial charge in [-0.1, -0.05) is 19.1 Å². The summed E-state index contributed by atoms with van der Waals surface area (Å²) >= 11 is 0. The Morgan fingerprint density at radius 3 is 2.69 bits per heavy atom. The highest BCUT2D eigenvalue weighted by Crippen LogP contribution is 2.18. The van der Waals surface area contributed by atoms with Gasteiger partial charge in [0.15, 0.2) is 0 Å². The highest BCUT2D eigenvalue weighted by atomic mass is 15.4. The maximum absolute atomic E-state index is 5.46. The van der Waals surface area contributed by atoms with Crippen LogP contribution < -0.4 is 11.3 Å². The molecule has 1 heterocycles. The van der Waals surface area contributed by atoms with Crippen molar-refractivity contribution in [1.82, 2.24) is 20.4 Å². The number of aryl methyl sites for hydroxylation is 1. The average molecular weight is 183 g/mol. The van der Waals surface area contributed by atoms with Crippen molar-refractivity contribution in [2.24, 2.45) is 18.8 Å². The number of hydrogen-bond donors (Lipinski definition) is 2. The number of aromatic nitrogens is 3. The lowest BCUT2D eigenvalue weighted by Gasteiger charge is -2.17. The third kappa shape index (κ3) is 2.50. The van der Waals surface area contributed by atoms with Gasteiger partial charge in [-0.2, -0.15) is 0 Å². The van der Waals surface area contributed by atoms with E-state index in [9.17, 15) is 0 Å². The second-order valence-electron chi connectivity index (χ2n) is 3.63. The lowest BCUT2D eigenvalue weighted by molar-refractivity contribution is 0.416. The minimum Gasteiger partial charge on any atom is -0.271 e. The largest absolute Gasteiger partial charge is 0.271 e. The predicted octanol–water partition coefficient (Wildman–Crippen LogP) is 0.366. The summed E-state index contributed by atoms with van der Waals surface area (Å²) in [6.45, 7) is 4.32. The van der Waals surface area contributed by atoms with E-state index in [1.807, 2.05) is 7.05 Å². The Morgan fingerprint density at radius 2 is 2.31 bits per heavy atom. The predicted molar refractivity (Wildman–Crippen MR) is 50.5 cm³/mol. The van der Waals surface area contributed by atoms with Gasteiger partial charge in [0, 0.05) is 7.05 Å². The molecule has 0 aliphatic heterocycles. The fourth-order valence-corrected chi connectivity index (χ4v) is 1.36. The Hall–Kier alpha value is -0.940. The van der Waals surface area contributed by atoms with Gasteiger partial charge < -0.3 is 0 Å². The lowest BCUT2D eigenvalue weighted by Crippen LogP contribution is -2.30. The molecule has 0 saturated heterocycles. The van der Waals surface area contributed by atoms with Crippen LogP contribution in [-0.4, -0.2) is 15.0 Å². The molecule has 0 radical (unpaired) electrons. The van der Waals surface area contributed by atoms with Crippen molar-refractivity contribution in [3.05, 3.63) is 11.9 Å². The van der Waals surface area contributed by atoms with Crippen molar-refractivity contribution in [1.29, 1.82) is 0 Å². The molecule has 1 rings (SSSR count). The van der Waals surface area contributed by atoms with Crippen LogP contribution in [0.1, 0.15) is 32.0 Å². The summed E-state index contributed by atoms with van der Waals surface area (Å²) in [5.41, 5.74) is 3.80. The van der Waals surface area contributed by atoms with Crippen molar-refractivity contribution in [3.8, 4) is 0 Å². The summed E-state index contributed by atoms with van der Waals surface area (Å²) in [4.78, 5) is 0. The van der Waals surface area contributed by atoms with Crippen LogP contribution in [0.2, 0.25) is 0 Å². The van der Waals surface area contributed by atoms with Gasteiger partial charge in [-0.05, 0) is 12.3 Å². The number of hydrogen-bond acceptors (Lipinski definition) is 4. The molecule has 0 bridgehead atoms.